The molecule has 4 nitrogen and oxygen atoms in total. The lowest BCUT2D eigenvalue weighted by molar-refractivity contribution is -0.0802. The molecule has 0 aromatic heterocycles. The second-order valence-corrected chi connectivity index (χ2v) is 7.66. The SMILES string of the molecule is CC(C)(C1CCC(OCO)CC1)C1CCC(OCCO)CC1. The van der Waals surface area contributed by atoms with Crippen molar-refractivity contribution < 1.29 is 19.7 Å². The van der Waals surface area contributed by atoms with Crippen molar-refractivity contribution >= 4 is 0 Å². The van der Waals surface area contributed by atoms with Crippen LogP contribution in [-0.2, 0) is 9.47 Å². The van der Waals surface area contributed by atoms with Crippen LogP contribution in [0.2, 0.25) is 0 Å². The largest absolute Gasteiger partial charge is 0.394 e. The van der Waals surface area contributed by atoms with Gasteiger partial charge in [-0.25, -0.2) is 0 Å². The van der Waals surface area contributed by atoms with E-state index < -0.39 is 0 Å². The van der Waals surface area contributed by atoms with Gasteiger partial charge in [-0.05, 0) is 68.6 Å². The van der Waals surface area contributed by atoms with Crippen molar-refractivity contribution in [2.24, 2.45) is 17.3 Å². The van der Waals surface area contributed by atoms with Crippen molar-refractivity contribution in [3.8, 4) is 0 Å². The molecule has 2 N–H and O–H groups in total. The fraction of sp³-hybridized carbons (Fsp3) is 1.00. The van der Waals surface area contributed by atoms with E-state index in [0.29, 0.717) is 18.1 Å². The van der Waals surface area contributed by atoms with Crippen LogP contribution in [0, 0.1) is 17.3 Å². The second kappa shape index (κ2) is 8.62. The fourth-order valence-corrected chi connectivity index (χ4v) is 4.61. The summed E-state index contributed by atoms with van der Waals surface area (Å²) >= 11 is 0. The van der Waals surface area contributed by atoms with Gasteiger partial charge in [0.25, 0.3) is 0 Å². The summed E-state index contributed by atoms with van der Waals surface area (Å²) in [5.41, 5.74) is 0.381. The minimum atomic E-state index is -0.142. The number of rotatable bonds is 7. The summed E-state index contributed by atoms with van der Waals surface area (Å²) in [6.07, 6.45) is 10.00. The average Bonchev–Trinajstić information content (AvgIpc) is 2.54. The van der Waals surface area contributed by atoms with Crippen LogP contribution < -0.4 is 0 Å². The van der Waals surface area contributed by atoms with Crippen LogP contribution in [0.3, 0.4) is 0 Å². The van der Waals surface area contributed by atoms with E-state index in [1.807, 2.05) is 0 Å². The van der Waals surface area contributed by atoms with E-state index in [4.69, 9.17) is 19.7 Å². The molecular formula is C18H34O4. The molecule has 0 saturated heterocycles. The zero-order valence-corrected chi connectivity index (χ0v) is 14.3. The Balaban J connectivity index is 1.79. The van der Waals surface area contributed by atoms with Crippen molar-refractivity contribution in [3.05, 3.63) is 0 Å². The van der Waals surface area contributed by atoms with E-state index in [1.165, 1.54) is 25.7 Å². The Hall–Kier alpha value is -0.160. The lowest BCUT2D eigenvalue weighted by Crippen LogP contribution is -2.39. The molecule has 0 aromatic carbocycles. The molecule has 0 spiro atoms. The van der Waals surface area contributed by atoms with Gasteiger partial charge >= 0.3 is 0 Å². The Bertz CT molecular complexity index is 302. The zero-order valence-electron chi connectivity index (χ0n) is 14.3. The van der Waals surface area contributed by atoms with Gasteiger partial charge in [-0.15, -0.1) is 0 Å². The summed E-state index contributed by atoms with van der Waals surface area (Å²) < 4.78 is 11.0. The standard InChI is InChI=1S/C18H34O4/c1-18(2,15-5-9-17(10-6-15)22-13-20)14-3-7-16(8-4-14)21-12-11-19/h14-17,19-20H,3-13H2,1-2H3. The molecule has 2 saturated carbocycles. The van der Waals surface area contributed by atoms with Crippen LogP contribution in [-0.4, -0.2) is 42.4 Å². The molecule has 2 aliphatic rings. The van der Waals surface area contributed by atoms with Crippen molar-refractivity contribution in [3.63, 3.8) is 0 Å². The predicted molar refractivity (Wildman–Crippen MR) is 86.5 cm³/mol. The van der Waals surface area contributed by atoms with Gasteiger partial charge < -0.3 is 19.7 Å². The maximum atomic E-state index is 8.88. The monoisotopic (exact) mass is 314 g/mol. The molecular weight excluding hydrogens is 280 g/mol. The smallest absolute Gasteiger partial charge is 0.143 e. The van der Waals surface area contributed by atoms with E-state index in [9.17, 15) is 0 Å². The maximum Gasteiger partial charge on any atom is 0.143 e. The Morgan fingerprint density at radius 3 is 1.64 bits per heavy atom. The third kappa shape index (κ3) is 4.67. The summed E-state index contributed by atoms with van der Waals surface area (Å²) in [5, 5.41) is 17.7. The molecule has 130 valence electrons. The molecule has 0 bridgehead atoms. The molecule has 22 heavy (non-hydrogen) atoms. The van der Waals surface area contributed by atoms with Crippen molar-refractivity contribution in [1.82, 2.24) is 0 Å². The van der Waals surface area contributed by atoms with Gasteiger partial charge in [0.2, 0.25) is 0 Å². The topological polar surface area (TPSA) is 58.9 Å². The fourth-order valence-electron chi connectivity index (χ4n) is 4.61. The van der Waals surface area contributed by atoms with Gasteiger partial charge in [-0.1, -0.05) is 13.8 Å². The summed E-state index contributed by atoms with van der Waals surface area (Å²) in [6.45, 7) is 5.36. The molecule has 0 radical (unpaired) electrons. The highest BCUT2D eigenvalue weighted by atomic mass is 16.6. The van der Waals surface area contributed by atoms with Gasteiger partial charge in [-0.3, -0.25) is 0 Å². The van der Waals surface area contributed by atoms with Crippen molar-refractivity contribution in [1.29, 1.82) is 0 Å². The highest BCUT2D eigenvalue weighted by Gasteiger charge is 2.40. The zero-order chi connectivity index (χ0) is 16.0. The first-order valence-corrected chi connectivity index (χ1v) is 9.02. The second-order valence-electron chi connectivity index (χ2n) is 7.66. The summed E-state index contributed by atoms with van der Waals surface area (Å²) in [7, 11) is 0. The Labute approximate surface area is 135 Å². The van der Waals surface area contributed by atoms with Crippen molar-refractivity contribution in [2.45, 2.75) is 77.4 Å². The molecule has 0 aromatic rings. The van der Waals surface area contributed by atoms with E-state index in [2.05, 4.69) is 13.8 Å². The number of hydrogen-bond acceptors (Lipinski definition) is 4. The molecule has 0 atom stereocenters. The van der Waals surface area contributed by atoms with Crippen LogP contribution >= 0.6 is 0 Å². The molecule has 0 aliphatic heterocycles. The predicted octanol–water partition coefficient (Wildman–Crippen LogP) is 3.11. The van der Waals surface area contributed by atoms with Crippen LogP contribution in [0.5, 0.6) is 0 Å². The minimum absolute atomic E-state index is 0.130. The third-order valence-corrected chi connectivity index (χ3v) is 6.21. The third-order valence-electron chi connectivity index (χ3n) is 6.21. The first-order chi connectivity index (χ1) is 10.6. The molecule has 0 unspecified atom stereocenters. The van der Waals surface area contributed by atoms with Gasteiger partial charge in [-0.2, -0.15) is 0 Å². The van der Waals surface area contributed by atoms with Gasteiger partial charge in [0.05, 0.1) is 25.4 Å². The number of ether oxygens (including phenoxy) is 2. The van der Waals surface area contributed by atoms with E-state index >= 15 is 0 Å². The average molecular weight is 314 g/mol. The molecule has 2 rings (SSSR count). The van der Waals surface area contributed by atoms with Gasteiger partial charge in [0, 0.05) is 0 Å². The number of hydrogen-bond donors (Lipinski definition) is 2. The highest BCUT2D eigenvalue weighted by Crippen LogP contribution is 2.48. The van der Waals surface area contributed by atoms with Gasteiger partial charge in [0.1, 0.15) is 6.79 Å². The number of aliphatic hydroxyl groups is 2. The molecule has 0 amide bonds. The van der Waals surface area contributed by atoms with Crippen LogP contribution in [0.1, 0.15) is 65.2 Å². The Kier molecular flexibility index (Phi) is 7.13. The molecule has 0 heterocycles. The quantitative estimate of drug-likeness (QED) is 0.709. The summed E-state index contributed by atoms with van der Waals surface area (Å²) in [5.74, 6) is 1.55. The Morgan fingerprint density at radius 1 is 0.773 bits per heavy atom. The summed E-state index contributed by atoms with van der Waals surface area (Å²) in [4.78, 5) is 0. The van der Waals surface area contributed by atoms with Crippen molar-refractivity contribution in [2.75, 3.05) is 20.0 Å². The lowest BCUT2D eigenvalue weighted by atomic mass is 9.60. The summed E-state index contributed by atoms with van der Waals surface area (Å²) in [6, 6.07) is 0. The van der Waals surface area contributed by atoms with Crippen LogP contribution in [0.25, 0.3) is 0 Å². The highest BCUT2D eigenvalue weighted by molar-refractivity contribution is 4.90. The maximum absolute atomic E-state index is 8.88. The van der Waals surface area contributed by atoms with Crippen LogP contribution in [0.4, 0.5) is 0 Å². The first-order valence-electron chi connectivity index (χ1n) is 9.02. The van der Waals surface area contributed by atoms with E-state index in [-0.39, 0.29) is 19.5 Å². The van der Waals surface area contributed by atoms with Crippen LogP contribution in [0.15, 0.2) is 0 Å². The number of aliphatic hydroxyl groups excluding tert-OH is 2. The van der Waals surface area contributed by atoms with E-state index in [0.717, 1.165) is 37.5 Å². The molecule has 2 fully saturated rings. The van der Waals surface area contributed by atoms with Gasteiger partial charge in [0.15, 0.2) is 0 Å². The lowest BCUT2D eigenvalue weighted by Gasteiger charge is -2.46. The molecule has 4 heteroatoms. The molecule has 2 aliphatic carbocycles. The normalized spacial score (nSPS) is 33.8. The van der Waals surface area contributed by atoms with E-state index in [1.54, 1.807) is 0 Å². The first kappa shape index (κ1) is 18.2. The Morgan fingerprint density at radius 2 is 1.23 bits per heavy atom. The minimum Gasteiger partial charge on any atom is -0.394 e.